The van der Waals surface area contributed by atoms with Crippen LogP contribution < -0.4 is 20.8 Å². The largest absolute Gasteiger partial charge is 0.538 e. The highest BCUT2D eigenvalue weighted by atomic mass is 32.2. The molecular formula is C17H14N4O4S. The van der Waals surface area contributed by atoms with Crippen LogP contribution in [0.2, 0.25) is 0 Å². The van der Waals surface area contributed by atoms with Crippen LogP contribution in [-0.2, 0) is 4.79 Å². The van der Waals surface area contributed by atoms with Gasteiger partial charge in [0.05, 0.1) is 22.3 Å². The predicted octanol–water partition coefficient (Wildman–Crippen LogP) is 0.855. The van der Waals surface area contributed by atoms with Crippen molar-refractivity contribution < 1.29 is 23.9 Å². The molecule has 3 N–H and O–H groups in total. The van der Waals surface area contributed by atoms with Gasteiger partial charge >= 0.3 is 0 Å². The molecule has 0 bridgehead atoms. The zero-order chi connectivity index (χ0) is 18.5. The fourth-order valence-corrected chi connectivity index (χ4v) is 2.98. The first kappa shape index (κ1) is 17.5. The Morgan fingerprint density at radius 3 is 2.58 bits per heavy atom. The Balaban J connectivity index is 1.72. The van der Waals surface area contributed by atoms with E-state index >= 15 is 0 Å². The number of amides is 2. The van der Waals surface area contributed by atoms with Gasteiger partial charge in [-0.2, -0.15) is 0 Å². The van der Waals surface area contributed by atoms with Crippen LogP contribution in [0.25, 0.3) is 5.69 Å². The lowest BCUT2D eigenvalue weighted by atomic mass is 10.1. The van der Waals surface area contributed by atoms with Crippen LogP contribution >= 0.6 is 11.8 Å². The minimum Gasteiger partial charge on any atom is -0.538 e. The van der Waals surface area contributed by atoms with E-state index in [1.54, 1.807) is 42.5 Å². The first-order chi connectivity index (χ1) is 12.6. The van der Waals surface area contributed by atoms with Crippen LogP contribution in [0.3, 0.4) is 0 Å². The van der Waals surface area contributed by atoms with Gasteiger partial charge in [0, 0.05) is 12.1 Å². The van der Waals surface area contributed by atoms with Gasteiger partial charge in [0.15, 0.2) is 5.95 Å². The topological polar surface area (TPSA) is 125 Å². The average molecular weight is 370 g/mol. The fourth-order valence-electron chi connectivity index (χ4n) is 2.22. The molecule has 0 aliphatic carbocycles. The highest BCUT2D eigenvalue weighted by molar-refractivity contribution is 7.99. The third-order valence-corrected chi connectivity index (χ3v) is 4.40. The Kier molecular flexibility index (Phi) is 5.18. The minimum absolute atomic E-state index is 0.0730. The molecule has 0 unspecified atom stereocenters. The number of nitrogens with zero attached hydrogens (tertiary/aromatic N) is 2. The molecule has 3 rings (SSSR count). The molecule has 0 fully saturated rings. The van der Waals surface area contributed by atoms with Crippen molar-refractivity contribution in [3.63, 3.8) is 0 Å². The number of primary amides is 1. The Morgan fingerprint density at radius 1 is 1.15 bits per heavy atom. The molecule has 2 aromatic carbocycles. The van der Waals surface area contributed by atoms with Gasteiger partial charge in [-0.3, -0.25) is 9.59 Å². The number of hydrogen-bond donors (Lipinski definition) is 2. The predicted molar refractivity (Wildman–Crippen MR) is 91.8 cm³/mol. The summed E-state index contributed by atoms with van der Waals surface area (Å²) in [5.41, 5.74) is 6.45. The number of carbonyl (C=O) groups is 2. The van der Waals surface area contributed by atoms with E-state index in [1.165, 1.54) is 10.7 Å². The molecule has 2 amide bonds. The lowest BCUT2D eigenvalue weighted by Gasteiger charge is -2.07. The zero-order valence-electron chi connectivity index (χ0n) is 13.4. The first-order valence-corrected chi connectivity index (χ1v) is 8.50. The number of benzene rings is 2. The summed E-state index contributed by atoms with van der Waals surface area (Å²) in [5, 5.41) is 18.4. The van der Waals surface area contributed by atoms with Crippen LogP contribution in [0, 0.1) is 0 Å². The van der Waals surface area contributed by atoms with Gasteiger partial charge in [0.2, 0.25) is 11.6 Å². The summed E-state index contributed by atoms with van der Waals surface area (Å²) in [6.07, 6.45) is 0. The molecule has 0 aliphatic rings. The van der Waals surface area contributed by atoms with Gasteiger partial charge in [-0.05, 0) is 28.6 Å². The standard InChI is InChI=1S/C17H14N4O4S/c18-15(23)12-8-4-5-9-13(12)19-14(22)10-26-16-17(24)25-20-21(16)11-6-2-1-3-7-11/h1-9H,10H2,(H3-,18,19,20,22,23,24). The van der Waals surface area contributed by atoms with Crippen molar-refractivity contribution in [2.24, 2.45) is 5.73 Å². The van der Waals surface area contributed by atoms with Crippen LogP contribution in [0.4, 0.5) is 5.69 Å². The van der Waals surface area contributed by atoms with E-state index < -0.39 is 17.8 Å². The minimum atomic E-state index is -0.642. The third-order valence-electron chi connectivity index (χ3n) is 3.38. The highest BCUT2D eigenvalue weighted by Crippen LogP contribution is 2.23. The summed E-state index contributed by atoms with van der Waals surface area (Å²) >= 11 is 0.983. The number of nitrogens with one attached hydrogen (secondary N) is 1. The summed E-state index contributed by atoms with van der Waals surface area (Å²) in [4.78, 5) is 23.6. The number of anilines is 1. The third kappa shape index (κ3) is 3.83. The van der Waals surface area contributed by atoms with Crippen molar-refractivity contribution in [2.45, 2.75) is 5.03 Å². The normalized spacial score (nSPS) is 10.5. The molecule has 1 heterocycles. The summed E-state index contributed by atoms with van der Waals surface area (Å²) in [6.45, 7) is 0. The first-order valence-electron chi connectivity index (χ1n) is 7.52. The van der Waals surface area contributed by atoms with E-state index in [2.05, 4.69) is 10.6 Å². The fraction of sp³-hybridized carbons (Fsp3) is 0.0588. The smallest absolute Gasteiger partial charge is 0.298 e. The Bertz CT molecular complexity index is 943. The maximum absolute atomic E-state index is 12.2. The Morgan fingerprint density at radius 2 is 1.85 bits per heavy atom. The molecule has 0 radical (unpaired) electrons. The van der Waals surface area contributed by atoms with Gasteiger partial charge in [0.25, 0.3) is 10.9 Å². The Hall–Kier alpha value is -3.33. The number of thioether (sulfide) groups is 1. The van der Waals surface area contributed by atoms with Gasteiger partial charge in [-0.25, -0.2) is 0 Å². The molecule has 0 aliphatic heterocycles. The highest BCUT2D eigenvalue weighted by Gasteiger charge is 2.22. The van der Waals surface area contributed by atoms with E-state index in [-0.39, 0.29) is 16.3 Å². The number of para-hydroxylation sites is 2. The molecule has 3 aromatic rings. The molecule has 0 atom stereocenters. The second-order valence-corrected chi connectivity index (χ2v) is 6.12. The summed E-state index contributed by atoms with van der Waals surface area (Å²) in [7, 11) is 0. The van der Waals surface area contributed by atoms with Crippen molar-refractivity contribution in [1.29, 1.82) is 0 Å². The number of rotatable bonds is 6. The average Bonchev–Trinajstić information content (AvgIpc) is 3.01. The van der Waals surface area contributed by atoms with Gasteiger partial charge in [0.1, 0.15) is 0 Å². The van der Waals surface area contributed by atoms with Crippen LogP contribution in [0.1, 0.15) is 10.4 Å². The van der Waals surface area contributed by atoms with E-state index in [0.717, 1.165) is 11.8 Å². The second kappa shape index (κ2) is 7.70. The molecule has 26 heavy (non-hydrogen) atoms. The van der Waals surface area contributed by atoms with Crippen molar-refractivity contribution in [2.75, 3.05) is 11.1 Å². The van der Waals surface area contributed by atoms with Crippen molar-refractivity contribution in [3.8, 4) is 11.6 Å². The number of hydrogen-bond acceptors (Lipinski definition) is 6. The molecule has 0 saturated carbocycles. The lowest BCUT2D eigenvalue weighted by molar-refractivity contribution is -0.705. The zero-order valence-corrected chi connectivity index (χ0v) is 14.2. The maximum atomic E-state index is 12.2. The molecule has 0 spiro atoms. The molecule has 132 valence electrons. The quantitative estimate of drug-likeness (QED) is 0.490. The SMILES string of the molecule is NC(=O)c1ccccc1NC(=O)CSc1c([O-])on[n+]1-c1ccccc1. The lowest BCUT2D eigenvalue weighted by Crippen LogP contribution is -2.35. The maximum Gasteiger partial charge on any atom is 0.298 e. The van der Waals surface area contributed by atoms with Crippen LogP contribution in [0.5, 0.6) is 5.95 Å². The van der Waals surface area contributed by atoms with Crippen LogP contribution in [-0.4, -0.2) is 22.8 Å². The van der Waals surface area contributed by atoms with Crippen LogP contribution in [0.15, 0.2) is 64.1 Å². The van der Waals surface area contributed by atoms with Crippen molar-refractivity contribution >= 4 is 29.3 Å². The molecular weight excluding hydrogens is 356 g/mol. The molecule has 8 nitrogen and oxygen atoms in total. The molecule has 1 aromatic heterocycles. The summed E-state index contributed by atoms with van der Waals surface area (Å²) in [6, 6.07) is 15.4. The van der Waals surface area contributed by atoms with Crippen molar-refractivity contribution in [3.05, 3.63) is 60.2 Å². The summed E-state index contributed by atoms with van der Waals surface area (Å²) < 4.78 is 6.03. The summed E-state index contributed by atoms with van der Waals surface area (Å²) in [5.74, 6) is -1.75. The molecule has 0 saturated heterocycles. The van der Waals surface area contributed by atoms with Crippen molar-refractivity contribution in [1.82, 2.24) is 5.27 Å². The monoisotopic (exact) mass is 370 g/mol. The second-order valence-electron chi connectivity index (χ2n) is 5.16. The molecule has 9 heteroatoms. The van der Waals surface area contributed by atoms with E-state index in [4.69, 9.17) is 10.3 Å². The number of aromatic nitrogens is 2. The van der Waals surface area contributed by atoms with Gasteiger partial charge < -0.3 is 20.7 Å². The van der Waals surface area contributed by atoms with Gasteiger partial charge in [-0.15, -0.1) is 0 Å². The van der Waals surface area contributed by atoms with E-state index in [9.17, 15) is 14.7 Å². The number of nitrogens with two attached hydrogens (primary N) is 1. The van der Waals surface area contributed by atoms with E-state index in [1.807, 2.05) is 6.07 Å². The van der Waals surface area contributed by atoms with Gasteiger partial charge in [-0.1, -0.05) is 30.3 Å². The van der Waals surface area contributed by atoms with E-state index in [0.29, 0.717) is 11.4 Å². The number of carbonyl (C=O) groups excluding carboxylic acids is 2. The Labute approximate surface area is 152 Å².